The molecule has 0 aliphatic rings. The van der Waals surface area contributed by atoms with Crippen LogP contribution in [0.3, 0.4) is 0 Å². The molecule has 120 valence electrons. The summed E-state index contributed by atoms with van der Waals surface area (Å²) in [6, 6.07) is 5.27. The van der Waals surface area contributed by atoms with Crippen LogP contribution in [-0.4, -0.2) is 36.6 Å². The van der Waals surface area contributed by atoms with Crippen LogP contribution in [0.4, 0.5) is 4.39 Å². The van der Waals surface area contributed by atoms with E-state index >= 15 is 0 Å². The van der Waals surface area contributed by atoms with Crippen LogP contribution in [0.1, 0.15) is 39.7 Å². The van der Waals surface area contributed by atoms with Crippen LogP contribution in [-0.2, 0) is 6.42 Å². The Balaban J connectivity index is 3.04. The van der Waals surface area contributed by atoms with Crippen molar-refractivity contribution in [2.24, 2.45) is 0 Å². The highest BCUT2D eigenvalue weighted by atomic mass is 79.9. The van der Waals surface area contributed by atoms with Crippen molar-refractivity contribution in [3.8, 4) is 0 Å². The molecule has 0 aromatic heterocycles. The fourth-order valence-electron chi connectivity index (χ4n) is 3.18. The van der Waals surface area contributed by atoms with Crippen LogP contribution < -0.4 is 5.32 Å². The Bertz CT molecular complexity index is 448. The van der Waals surface area contributed by atoms with E-state index in [1.807, 2.05) is 13.1 Å². The lowest BCUT2D eigenvalue weighted by Crippen LogP contribution is -2.59. The first-order valence-corrected chi connectivity index (χ1v) is 8.58. The molecule has 21 heavy (non-hydrogen) atoms. The monoisotopic (exact) mass is 358 g/mol. The molecule has 0 bridgehead atoms. The van der Waals surface area contributed by atoms with Gasteiger partial charge in [-0.2, -0.15) is 0 Å². The predicted octanol–water partition coefficient (Wildman–Crippen LogP) is 4.23. The fourth-order valence-corrected chi connectivity index (χ4v) is 3.69. The van der Waals surface area contributed by atoms with Crippen molar-refractivity contribution in [2.45, 2.75) is 52.1 Å². The molecular weight excluding hydrogens is 331 g/mol. The van der Waals surface area contributed by atoms with Gasteiger partial charge in [0, 0.05) is 16.1 Å². The number of benzene rings is 1. The Kier molecular flexibility index (Phi) is 7.31. The third-order valence-electron chi connectivity index (χ3n) is 4.74. The maximum absolute atomic E-state index is 13.3. The molecule has 0 amide bonds. The molecule has 0 saturated heterocycles. The van der Waals surface area contributed by atoms with E-state index in [-0.39, 0.29) is 11.4 Å². The molecule has 0 spiro atoms. The highest BCUT2D eigenvalue weighted by Gasteiger charge is 2.36. The molecular formula is C17H28BrFN2. The SMILES string of the molecule is CCN(CC)C(C)(CC)C(Cc1ccc(F)cc1Br)NC. The van der Waals surface area contributed by atoms with E-state index in [1.54, 1.807) is 6.07 Å². The Morgan fingerprint density at radius 1 is 1.29 bits per heavy atom. The highest BCUT2D eigenvalue weighted by Crippen LogP contribution is 2.28. The van der Waals surface area contributed by atoms with E-state index in [0.717, 1.165) is 36.0 Å². The summed E-state index contributed by atoms with van der Waals surface area (Å²) in [6.07, 6.45) is 1.94. The third kappa shape index (κ3) is 4.27. The predicted molar refractivity (Wildman–Crippen MR) is 92.3 cm³/mol. The minimum atomic E-state index is -0.200. The van der Waals surface area contributed by atoms with Gasteiger partial charge >= 0.3 is 0 Å². The van der Waals surface area contributed by atoms with E-state index < -0.39 is 0 Å². The Morgan fingerprint density at radius 2 is 1.90 bits per heavy atom. The lowest BCUT2D eigenvalue weighted by molar-refractivity contribution is 0.0730. The van der Waals surface area contributed by atoms with Crippen molar-refractivity contribution >= 4 is 15.9 Å². The van der Waals surface area contributed by atoms with Gasteiger partial charge < -0.3 is 5.32 Å². The zero-order valence-corrected chi connectivity index (χ0v) is 15.4. The quantitative estimate of drug-likeness (QED) is 0.747. The maximum Gasteiger partial charge on any atom is 0.124 e. The van der Waals surface area contributed by atoms with Crippen molar-refractivity contribution in [1.29, 1.82) is 0 Å². The van der Waals surface area contributed by atoms with Gasteiger partial charge in [0.15, 0.2) is 0 Å². The van der Waals surface area contributed by atoms with Crippen LogP contribution in [0, 0.1) is 5.82 Å². The van der Waals surface area contributed by atoms with Crippen LogP contribution in [0.5, 0.6) is 0 Å². The van der Waals surface area contributed by atoms with Gasteiger partial charge in [-0.05, 0) is 57.6 Å². The van der Waals surface area contributed by atoms with Crippen LogP contribution in [0.2, 0.25) is 0 Å². The second-order valence-electron chi connectivity index (χ2n) is 5.66. The second-order valence-corrected chi connectivity index (χ2v) is 6.52. The molecule has 0 saturated carbocycles. The molecule has 0 fully saturated rings. The maximum atomic E-state index is 13.3. The smallest absolute Gasteiger partial charge is 0.124 e. The first kappa shape index (κ1) is 18.6. The number of nitrogens with one attached hydrogen (secondary N) is 1. The number of nitrogens with zero attached hydrogens (tertiary/aromatic N) is 1. The van der Waals surface area contributed by atoms with Crippen molar-refractivity contribution in [3.05, 3.63) is 34.1 Å². The standard InChI is InChI=1S/C17H28BrFN2/c1-6-17(4,21(7-2)8-3)16(20-5)11-13-9-10-14(19)12-15(13)18/h9-10,12,16,20H,6-8,11H2,1-5H3. The average Bonchev–Trinajstić information content (AvgIpc) is 2.47. The molecule has 0 aliphatic heterocycles. The number of likely N-dealkylation sites (N-methyl/N-ethyl adjacent to an activating group) is 2. The number of hydrogen-bond donors (Lipinski definition) is 1. The summed E-state index contributed by atoms with van der Waals surface area (Å²) in [4.78, 5) is 2.51. The van der Waals surface area contributed by atoms with Gasteiger partial charge in [0.1, 0.15) is 5.82 Å². The molecule has 2 atom stereocenters. The van der Waals surface area contributed by atoms with E-state index in [0.29, 0.717) is 6.04 Å². The molecule has 1 aromatic rings. The van der Waals surface area contributed by atoms with Gasteiger partial charge in [-0.25, -0.2) is 4.39 Å². The number of halogens is 2. The minimum Gasteiger partial charge on any atom is -0.315 e. The lowest BCUT2D eigenvalue weighted by Gasteiger charge is -2.46. The first-order chi connectivity index (χ1) is 9.92. The van der Waals surface area contributed by atoms with Gasteiger partial charge in [0.25, 0.3) is 0 Å². The van der Waals surface area contributed by atoms with Gasteiger partial charge in [0.2, 0.25) is 0 Å². The average molecular weight is 359 g/mol. The summed E-state index contributed by atoms with van der Waals surface area (Å²) in [5, 5.41) is 3.48. The second kappa shape index (κ2) is 8.25. The number of rotatable bonds is 8. The summed E-state index contributed by atoms with van der Waals surface area (Å²) < 4.78 is 14.1. The first-order valence-electron chi connectivity index (χ1n) is 7.79. The summed E-state index contributed by atoms with van der Waals surface area (Å²) in [7, 11) is 2.01. The largest absolute Gasteiger partial charge is 0.315 e. The molecule has 0 aliphatic carbocycles. The van der Waals surface area contributed by atoms with Crippen LogP contribution in [0.25, 0.3) is 0 Å². The summed E-state index contributed by atoms with van der Waals surface area (Å²) >= 11 is 3.48. The molecule has 2 unspecified atom stereocenters. The van der Waals surface area contributed by atoms with Crippen molar-refractivity contribution < 1.29 is 4.39 Å². The van der Waals surface area contributed by atoms with Crippen molar-refractivity contribution in [2.75, 3.05) is 20.1 Å². The van der Waals surface area contributed by atoms with Crippen LogP contribution >= 0.6 is 15.9 Å². The van der Waals surface area contributed by atoms with Gasteiger partial charge in [-0.1, -0.05) is 42.8 Å². The lowest BCUT2D eigenvalue weighted by atomic mass is 9.83. The van der Waals surface area contributed by atoms with Gasteiger partial charge in [-0.3, -0.25) is 4.90 Å². The van der Waals surface area contributed by atoms with Crippen LogP contribution in [0.15, 0.2) is 22.7 Å². The van der Waals surface area contributed by atoms with Gasteiger partial charge in [-0.15, -0.1) is 0 Å². The van der Waals surface area contributed by atoms with E-state index in [4.69, 9.17) is 0 Å². The van der Waals surface area contributed by atoms with Crippen molar-refractivity contribution in [1.82, 2.24) is 10.2 Å². The summed E-state index contributed by atoms with van der Waals surface area (Å²) in [5.41, 5.74) is 1.22. The molecule has 1 N–H and O–H groups in total. The molecule has 0 radical (unpaired) electrons. The zero-order valence-electron chi connectivity index (χ0n) is 13.8. The van der Waals surface area contributed by atoms with E-state index in [9.17, 15) is 4.39 Å². The van der Waals surface area contributed by atoms with Gasteiger partial charge in [0.05, 0.1) is 0 Å². The molecule has 1 aromatic carbocycles. The van der Waals surface area contributed by atoms with E-state index in [1.165, 1.54) is 6.07 Å². The molecule has 1 rings (SSSR count). The Labute approximate surface area is 137 Å². The molecule has 0 heterocycles. The summed E-state index contributed by atoms with van der Waals surface area (Å²) in [5.74, 6) is -0.200. The highest BCUT2D eigenvalue weighted by molar-refractivity contribution is 9.10. The Morgan fingerprint density at radius 3 is 2.33 bits per heavy atom. The normalized spacial score (nSPS) is 16.0. The molecule has 2 nitrogen and oxygen atoms in total. The van der Waals surface area contributed by atoms with E-state index in [2.05, 4.69) is 53.8 Å². The number of hydrogen-bond acceptors (Lipinski definition) is 2. The third-order valence-corrected chi connectivity index (χ3v) is 5.48. The Hall–Kier alpha value is -0.450. The fraction of sp³-hybridized carbons (Fsp3) is 0.647. The van der Waals surface area contributed by atoms with Crippen molar-refractivity contribution in [3.63, 3.8) is 0 Å². The minimum absolute atomic E-state index is 0.0755. The zero-order chi connectivity index (χ0) is 16.0. The summed E-state index contributed by atoms with van der Waals surface area (Å²) in [6.45, 7) is 11.0. The molecule has 4 heteroatoms. The topological polar surface area (TPSA) is 15.3 Å².